The highest BCUT2D eigenvalue weighted by atomic mass is 32.2. The molecule has 41 heavy (non-hydrogen) atoms. The molecule has 0 aromatic heterocycles. The number of thioether (sulfide) groups is 1. The Morgan fingerprint density at radius 1 is 0.805 bits per heavy atom. The van der Waals surface area contributed by atoms with E-state index in [1.807, 2.05) is 49.4 Å². The maximum absolute atomic E-state index is 13.4. The van der Waals surface area contributed by atoms with Gasteiger partial charge in [0.2, 0.25) is 0 Å². The summed E-state index contributed by atoms with van der Waals surface area (Å²) in [5.74, 6) is 0.472. The minimum atomic E-state index is -0.519. The lowest BCUT2D eigenvalue weighted by atomic mass is 10.1. The lowest BCUT2D eigenvalue weighted by Gasteiger charge is -2.13. The monoisotopic (exact) mass is 566 g/mol. The Bertz CT molecular complexity index is 1550. The molecule has 7 nitrogen and oxygen atoms in total. The quantitative estimate of drug-likeness (QED) is 0.124. The van der Waals surface area contributed by atoms with Crippen molar-refractivity contribution >= 4 is 41.1 Å². The molecule has 0 aliphatic heterocycles. The Morgan fingerprint density at radius 2 is 1.51 bits per heavy atom. The average molecular weight is 567 g/mol. The van der Waals surface area contributed by atoms with E-state index in [0.717, 1.165) is 10.5 Å². The van der Waals surface area contributed by atoms with E-state index in [1.165, 1.54) is 18.9 Å². The molecule has 4 aromatic carbocycles. The van der Waals surface area contributed by atoms with Crippen LogP contribution in [0.25, 0.3) is 6.08 Å². The lowest BCUT2D eigenvalue weighted by molar-refractivity contribution is -0.113. The third-order valence-corrected chi connectivity index (χ3v) is 7.13. The fraction of sp³-hybridized carbons (Fsp3) is 0.121. The van der Waals surface area contributed by atoms with E-state index < -0.39 is 11.8 Å². The van der Waals surface area contributed by atoms with Crippen molar-refractivity contribution in [3.63, 3.8) is 0 Å². The molecule has 0 aliphatic rings. The van der Waals surface area contributed by atoms with E-state index in [4.69, 9.17) is 9.47 Å². The molecule has 0 aliphatic carbocycles. The highest BCUT2D eigenvalue weighted by molar-refractivity contribution is 8.00. The second kappa shape index (κ2) is 14.0. The largest absolute Gasteiger partial charge is 0.497 e. The molecule has 0 heterocycles. The van der Waals surface area contributed by atoms with Crippen LogP contribution < -0.4 is 20.1 Å². The Morgan fingerprint density at radius 3 is 2.17 bits per heavy atom. The maximum atomic E-state index is 13.4. The number of ether oxygens (including phenoxy) is 2. The smallest absolute Gasteiger partial charge is 0.272 e. The number of carbonyl (C=O) groups is 3. The van der Waals surface area contributed by atoms with Gasteiger partial charge in [0.05, 0.1) is 20.0 Å². The molecule has 0 saturated heterocycles. The Kier molecular flexibility index (Phi) is 9.96. The van der Waals surface area contributed by atoms with Gasteiger partial charge in [0.1, 0.15) is 17.2 Å². The van der Waals surface area contributed by atoms with Crippen molar-refractivity contribution < 1.29 is 23.9 Å². The molecular formula is C33H30N2O5S. The van der Waals surface area contributed by atoms with E-state index in [-0.39, 0.29) is 11.5 Å². The van der Waals surface area contributed by atoms with E-state index in [9.17, 15) is 14.4 Å². The van der Waals surface area contributed by atoms with Crippen LogP contribution in [0.5, 0.6) is 11.5 Å². The molecule has 2 amide bonds. The number of amides is 2. The zero-order valence-corrected chi connectivity index (χ0v) is 23.8. The summed E-state index contributed by atoms with van der Waals surface area (Å²) >= 11 is 1.42. The fourth-order valence-electron chi connectivity index (χ4n) is 3.85. The minimum Gasteiger partial charge on any atom is -0.497 e. The number of nitrogens with one attached hydrogen (secondary N) is 2. The number of anilines is 1. The summed E-state index contributed by atoms with van der Waals surface area (Å²) in [5.41, 5.74) is 3.29. The van der Waals surface area contributed by atoms with Crippen LogP contribution in [0.2, 0.25) is 0 Å². The third-order valence-electron chi connectivity index (χ3n) is 6.12. The van der Waals surface area contributed by atoms with Gasteiger partial charge in [-0.3, -0.25) is 14.4 Å². The van der Waals surface area contributed by atoms with Gasteiger partial charge in [-0.05, 0) is 67.6 Å². The average Bonchev–Trinajstić information content (AvgIpc) is 3.00. The zero-order valence-electron chi connectivity index (χ0n) is 23.0. The predicted molar refractivity (Wildman–Crippen MR) is 163 cm³/mol. The minimum absolute atomic E-state index is 0.0209. The second-order valence-corrected chi connectivity index (χ2v) is 10.1. The van der Waals surface area contributed by atoms with E-state index in [0.29, 0.717) is 39.6 Å². The van der Waals surface area contributed by atoms with Crippen molar-refractivity contribution in [2.75, 3.05) is 25.3 Å². The summed E-state index contributed by atoms with van der Waals surface area (Å²) in [6.45, 7) is 1.98. The molecule has 4 rings (SSSR count). The van der Waals surface area contributed by atoms with Gasteiger partial charge in [0, 0.05) is 27.3 Å². The van der Waals surface area contributed by atoms with Crippen molar-refractivity contribution in [3.8, 4) is 11.5 Å². The first-order chi connectivity index (χ1) is 19.9. The summed E-state index contributed by atoms with van der Waals surface area (Å²) in [7, 11) is 3.07. The van der Waals surface area contributed by atoms with Crippen LogP contribution in [0, 0.1) is 6.92 Å². The van der Waals surface area contributed by atoms with Gasteiger partial charge in [-0.15, -0.1) is 11.8 Å². The topological polar surface area (TPSA) is 93.7 Å². The maximum Gasteiger partial charge on any atom is 0.272 e. The number of hydrogen-bond acceptors (Lipinski definition) is 6. The van der Waals surface area contributed by atoms with Crippen LogP contribution in [0.4, 0.5) is 5.69 Å². The molecule has 0 atom stereocenters. The van der Waals surface area contributed by atoms with Crippen LogP contribution in [0.15, 0.2) is 108 Å². The summed E-state index contributed by atoms with van der Waals surface area (Å²) in [4.78, 5) is 39.7. The van der Waals surface area contributed by atoms with Gasteiger partial charge in [-0.2, -0.15) is 0 Å². The number of benzene rings is 4. The molecule has 208 valence electrons. The molecule has 0 radical (unpaired) electrons. The first-order valence-corrected chi connectivity index (χ1v) is 13.8. The number of Topliss-reactive ketones (excluding diaryl/α,β-unsaturated/α-hetero) is 1. The number of methoxy groups -OCH3 is 2. The highest BCUT2D eigenvalue weighted by Crippen LogP contribution is 2.27. The molecule has 0 unspecified atom stereocenters. The van der Waals surface area contributed by atoms with Crippen molar-refractivity contribution in [3.05, 3.63) is 125 Å². The van der Waals surface area contributed by atoms with Crippen molar-refractivity contribution in [2.45, 2.75) is 11.8 Å². The second-order valence-electron chi connectivity index (χ2n) is 9.04. The van der Waals surface area contributed by atoms with Gasteiger partial charge < -0.3 is 20.1 Å². The summed E-state index contributed by atoms with van der Waals surface area (Å²) in [5, 5.41) is 5.56. The van der Waals surface area contributed by atoms with E-state index in [2.05, 4.69) is 10.6 Å². The number of ketones is 1. The molecule has 0 fully saturated rings. The summed E-state index contributed by atoms with van der Waals surface area (Å²) in [6.07, 6.45) is 1.54. The predicted octanol–water partition coefficient (Wildman–Crippen LogP) is 6.40. The molecule has 0 bridgehead atoms. The van der Waals surface area contributed by atoms with Crippen LogP contribution in [-0.4, -0.2) is 37.6 Å². The van der Waals surface area contributed by atoms with Gasteiger partial charge in [0.25, 0.3) is 11.8 Å². The van der Waals surface area contributed by atoms with Crippen LogP contribution >= 0.6 is 11.8 Å². The number of rotatable bonds is 11. The third kappa shape index (κ3) is 8.09. The SMILES string of the molecule is COc1ccc(OC)c(/C=C(\NC(=O)c2ccccc2)C(=O)Nc2ccc(SCC(=O)c3ccc(C)cc3)cc2)c1. The molecule has 4 aromatic rings. The molecule has 0 saturated carbocycles. The number of aryl methyl sites for hydroxylation is 1. The fourth-order valence-corrected chi connectivity index (χ4v) is 4.65. The Balaban J connectivity index is 1.50. The van der Waals surface area contributed by atoms with Crippen LogP contribution in [0.1, 0.15) is 31.8 Å². The molecule has 2 N–H and O–H groups in total. The normalized spacial score (nSPS) is 11.0. The van der Waals surface area contributed by atoms with Gasteiger partial charge in [-0.1, -0.05) is 48.0 Å². The molecular weight excluding hydrogens is 536 g/mol. The Labute approximate surface area is 243 Å². The van der Waals surface area contributed by atoms with Gasteiger partial charge >= 0.3 is 0 Å². The standard InChI is InChI=1S/C33H30N2O5S/c1-22-9-11-23(12-10-22)30(36)21-41-28-16-13-26(14-17-28)34-33(38)29(35-32(37)24-7-5-4-6-8-24)20-25-19-27(39-2)15-18-31(25)40-3/h4-20H,21H2,1-3H3,(H,34,38)(H,35,37)/b29-20-. The van der Waals surface area contributed by atoms with Crippen LogP contribution in [-0.2, 0) is 4.79 Å². The van der Waals surface area contributed by atoms with Crippen LogP contribution in [0.3, 0.4) is 0 Å². The summed E-state index contributed by atoms with van der Waals surface area (Å²) < 4.78 is 10.8. The highest BCUT2D eigenvalue weighted by Gasteiger charge is 2.17. The summed E-state index contributed by atoms with van der Waals surface area (Å²) in [6, 6.07) is 28.5. The molecule has 8 heteroatoms. The van der Waals surface area contributed by atoms with Crippen molar-refractivity contribution in [1.82, 2.24) is 5.32 Å². The number of hydrogen-bond donors (Lipinski definition) is 2. The first kappa shape index (κ1) is 29.2. The Hall–Kier alpha value is -4.82. The van der Waals surface area contributed by atoms with Gasteiger partial charge in [-0.25, -0.2) is 0 Å². The van der Waals surface area contributed by atoms with Gasteiger partial charge in [0.15, 0.2) is 5.78 Å². The molecule has 0 spiro atoms. The number of carbonyl (C=O) groups excluding carboxylic acids is 3. The zero-order chi connectivity index (χ0) is 29.2. The van der Waals surface area contributed by atoms with E-state index >= 15 is 0 Å². The van der Waals surface area contributed by atoms with Crippen molar-refractivity contribution in [1.29, 1.82) is 0 Å². The first-order valence-electron chi connectivity index (χ1n) is 12.8. The lowest BCUT2D eigenvalue weighted by Crippen LogP contribution is -2.30. The van der Waals surface area contributed by atoms with Crippen molar-refractivity contribution in [2.24, 2.45) is 0 Å². The van der Waals surface area contributed by atoms with E-state index in [1.54, 1.807) is 67.8 Å².